The molecule has 3 heterocycles. The van der Waals surface area contributed by atoms with Gasteiger partial charge in [-0.1, -0.05) is 18.2 Å². The van der Waals surface area contributed by atoms with Crippen LogP contribution in [-0.2, 0) is 16.0 Å². The molecule has 8 heteroatoms. The number of nitrogens with one attached hydrogen (secondary N) is 2. The van der Waals surface area contributed by atoms with Gasteiger partial charge in [0, 0.05) is 42.2 Å². The van der Waals surface area contributed by atoms with Gasteiger partial charge in [0.05, 0.1) is 13.7 Å². The Morgan fingerprint density at radius 2 is 1.88 bits per heavy atom. The Balaban J connectivity index is 1.29. The number of aromatic amines is 1. The van der Waals surface area contributed by atoms with E-state index in [9.17, 15) is 14.4 Å². The minimum absolute atomic E-state index is 0.101. The molecule has 0 spiro atoms. The summed E-state index contributed by atoms with van der Waals surface area (Å²) in [5.74, 6) is 0.191. The van der Waals surface area contributed by atoms with Crippen LogP contribution in [-0.4, -0.2) is 71.3 Å². The lowest BCUT2D eigenvalue weighted by atomic mass is 9.98. The van der Waals surface area contributed by atoms with E-state index in [0.29, 0.717) is 30.8 Å². The van der Waals surface area contributed by atoms with Crippen molar-refractivity contribution in [2.45, 2.75) is 18.5 Å². The van der Waals surface area contributed by atoms with Gasteiger partial charge in [-0.05, 0) is 35.9 Å². The van der Waals surface area contributed by atoms with Crippen LogP contribution in [0, 0.1) is 0 Å². The van der Waals surface area contributed by atoms with Crippen molar-refractivity contribution >= 4 is 28.6 Å². The van der Waals surface area contributed by atoms with E-state index < -0.39 is 12.1 Å². The number of hydrogen-bond donors (Lipinski definition) is 2. The minimum Gasteiger partial charge on any atom is -0.497 e. The third-order valence-electron chi connectivity index (χ3n) is 6.30. The average molecular weight is 432 g/mol. The van der Waals surface area contributed by atoms with E-state index in [-0.39, 0.29) is 24.3 Å². The number of ether oxygens (including phenoxy) is 1. The van der Waals surface area contributed by atoms with Gasteiger partial charge >= 0.3 is 0 Å². The molecule has 0 aliphatic carbocycles. The topological polar surface area (TPSA) is 94.7 Å². The largest absolute Gasteiger partial charge is 0.497 e. The fourth-order valence-corrected chi connectivity index (χ4v) is 4.56. The lowest BCUT2D eigenvalue weighted by Crippen LogP contribution is -2.70. The first kappa shape index (κ1) is 20.1. The summed E-state index contributed by atoms with van der Waals surface area (Å²) in [7, 11) is 1.57. The molecule has 0 radical (unpaired) electrons. The number of para-hydroxylation sites is 1. The maximum atomic E-state index is 13.2. The second-order valence-electron chi connectivity index (χ2n) is 8.15. The Morgan fingerprint density at radius 1 is 1.09 bits per heavy atom. The van der Waals surface area contributed by atoms with Crippen LogP contribution in [0.25, 0.3) is 10.9 Å². The Hall–Kier alpha value is -3.81. The van der Waals surface area contributed by atoms with Crippen molar-refractivity contribution in [1.29, 1.82) is 0 Å². The lowest BCUT2D eigenvalue weighted by molar-refractivity contribution is -0.152. The molecule has 0 saturated carbocycles. The predicted octanol–water partition coefficient (Wildman–Crippen LogP) is 1.57. The number of benzene rings is 2. The van der Waals surface area contributed by atoms with E-state index >= 15 is 0 Å². The molecule has 2 saturated heterocycles. The highest BCUT2D eigenvalue weighted by Gasteiger charge is 2.44. The number of nitrogens with zero attached hydrogens (tertiary/aromatic N) is 2. The number of rotatable bonds is 4. The van der Waals surface area contributed by atoms with Gasteiger partial charge in [-0.25, -0.2) is 0 Å². The van der Waals surface area contributed by atoms with Crippen molar-refractivity contribution in [3.05, 3.63) is 65.9 Å². The third kappa shape index (κ3) is 3.47. The van der Waals surface area contributed by atoms with Crippen molar-refractivity contribution in [2.24, 2.45) is 0 Å². The van der Waals surface area contributed by atoms with Crippen molar-refractivity contribution in [2.75, 3.05) is 26.7 Å². The summed E-state index contributed by atoms with van der Waals surface area (Å²) in [5.41, 5.74) is 2.52. The van der Waals surface area contributed by atoms with Crippen LogP contribution >= 0.6 is 0 Å². The quantitative estimate of drug-likeness (QED) is 0.654. The number of fused-ring (bicyclic) bond motifs is 2. The molecule has 2 aliphatic heterocycles. The van der Waals surface area contributed by atoms with Gasteiger partial charge < -0.3 is 24.8 Å². The fourth-order valence-electron chi connectivity index (χ4n) is 4.56. The zero-order chi connectivity index (χ0) is 22.2. The standard InChI is InChI=1S/C24H24N4O4/c1-32-17-8-6-15(7-9-17)23(30)27-10-11-28-21(14-27)22(29)26-20(24(28)31)12-16-13-25-19-5-3-2-4-18(16)19/h2-9,13,20-21,25H,10-12,14H2,1H3,(H,26,29)/t20-,21+/m0/s1. The first-order valence-electron chi connectivity index (χ1n) is 10.6. The van der Waals surface area contributed by atoms with Crippen molar-refractivity contribution in [3.8, 4) is 5.75 Å². The smallest absolute Gasteiger partial charge is 0.254 e. The number of methoxy groups -OCH3 is 1. The highest BCUT2D eigenvalue weighted by Crippen LogP contribution is 2.23. The Labute approximate surface area is 185 Å². The number of H-pyrrole nitrogens is 1. The molecule has 0 unspecified atom stereocenters. The van der Waals surface area contributed by atoms with Gasteiger partial charge in [-0.15, -0.1) is 0 Å². The number of carbonyl (C=O) groups is 3. The summed E-state index contributed by atoms with van der Waals surface area (Å²) >= 11 is 0. The molecule has 2 N–H and O–H groups in total. The van der Waals surface area contributed by atoms with E-state index in [1.54, 1.807) is 41.2 Å². The van der Waals surface area contributed by atoms with Crippen molar-refractivity contribution in [3.63, 3.8) is 0 Å². The Kier molecular flexibility index (Phi) is 5.05. The SMILES string of the molecule is COc1ccc(C(=O)N2CCN3C(=O)[C@H](Cc4c[nH]c5ccccc45)NC(=O)[C@H]3C2)cc1. The van der Waals surface area contributed by atoms with Crippen LogP contribution in [0.4, 0.5) is 0 Å². The number of aromatic nitrogens is 1. The van der Waals surface area contributed by atoms with Gasteiger partial charge in [0.25, 0.3) is 5.91 Å². The van der Waals surface area contributed by atoms with E-state index in [4.69, 9.17) is 4.74 Å². The second kappa shape index (κ2) is 8.03. The summed E-state index contributed by atoms with van der Waals surface area (Å²) in [4.78, 5) is 45.4. The molecule has 1 aromatic heterocycles. The highest BCUT2D eigenvalue weighted by molar-refractivity contribution is 5.99. The van der Waals surface area contributed by atoms with Crippen LogP contribution in [0.15, 0.2) is 54.7 Å². The molecule has 164 valence electrons. The van der Waals surface area contributed by atoms with E-state index in [1.165, 1.54) is 0 Å². The zero-order valence-corrected chi connectivity index (χ0v) is 17.7. The van der Waals surface area contributed by atoms with Crippen LogP contribution in [0.5, 0.6) is 5.75 Å². The molecule has 8 nitrogen and oxygen atoms in total. The summed E-state index contributed by atoms with van der Waals surface area (Å²) in [6, 6.07) is 13.5. The highest BCUT2D eigenvalue weighted by atomic mass is 16.5. The molecular weight excluding hydrogens is 408 g/mol. The van der Waals surface area contributed by atoms with Crippen molar-refractivity contribution < 1.29 is 19.1 Å². The van der Waals surface area contributed by atoms with Gasteiger partial charge in [0.2, 0.25) is 11.8 Å². The van der Waals surface area contributed by atoms with E-state index in [0.717, 1.165) is 16.5 Å². The molecule has 2 fully saturated rings. The van der Waals surface area contributed by atoms with Crippen molar-refractivity contribution in [1.82, 2.24) is 20.1 Å². The molecule has 3 aromatic rings. The summed E-state index contributed by atoms with van der Waals surface area (Å²) in [6.45, 7) is 0.908. The van der Waals surface area contributed by atoms with Crippen LogP contribution in [0.3, 0.4) is 0 Å². The average Bonchev–Trinajstić information content (AvgIpc) is 3.24. The summed E-state index contributed by atoms with van der Waals surface area (Å²) in [5, 5.41) is 3.93. The molecular formula is C24H24N4O4. The molecule has 2 aliphatic rings. The first-order chi connectivity index (χ1) is 15.5. The van der Waals surface area contributed by atoms with Crippen LogP contribution in [0.1, 0.15) is 15.9 Å². The minimum atomic E-state index is -0.669. The third-order valence-corrected chi connectivity index (χ3v) is 6.30. The lowest BCUT2D eigenvalue weighted by Gasteiger charge is -2.45. The maximum absolute atomic E-state index is 13.2. The van der Waals surface area contributed by atoms with Gasteiger partial charge in [0.1, 0.15) is 17.8 Å². The molecule has 2 atom stereocenters. The van der Waals surface area contributed by atoms with Gasteiger partial charge in [0.15, 0.2) is 0 Å². The number of carbonyl (C=O) groups excluding carboxylic acids is 3. The Morgan fingerprint density at radius 3 is 2.66 bits per heavy atom. The second-order valence-corrected chi connectivity index (χ2v) is 8.15. The number of hydrogen-bond acceptors (Lipinski definition) is 4. The first-order valence-corrected chi connectivity index (χ1v) is 10.6. The Bertz CT molecular complexity index is 1190. The number of amides is 3. The number of piperazine rings is 2. The van der Waals surface area contributed by atoms with Gasteiger partial charge in [-0.3, -0.25) is 14.4 Å². The normalized spacial score (nSPS) is 20.8. The fraction of sp³-hybridized carbons (Fsp3) is 0.292. The summed E-state index contributed by atoms with van der Waals surface area (Å²) < 4.78 is 5.14. The predicted molar refractivity (Wildman–Crippen MR) is 118 cm³/mol. The van der Waals surface area contributed by atoms with Crippen LogP contribution in [0.2, 0.25) is 0 Å². The van der Waals surface area contributed by atoms with Gasteiger partial charge in [-0.2, -0.15) is 0 Å². The van der Waals surface area contributed by atoms with E-state index in [2.05, 4.69) is 10.3 Å². The van der Waals surface area contributed by atoms with Crippen LogP contribution < -0.4 is 10.1 Å². The monoisotopic (exact) mass is 432 g/mol. The molecule has 5 rings (SSSR count). The maximum Gasteiger partial charge on any atom is 0.254 e. The molecule has 32 heavy (non-hydrogen) atoms. The zero-order valence-electron chi connectivity index (χ0n) is 17.7. The van der Waals surface area contributed by atoms with E-state index in [1.807, 2.05) is 30.5 Å². The molecule has 0 bridgehead atoms. The molecule has 2 aromatic carbocycles. The molecule has 3 amide bonds. The summed E-state index contributed by atoms with van der Waals surface area (Å²) in [6.07, 6.45) is 2.31.